The number of nitrogens with zero attached hydrogens (tertiary/aromatic N) is 2. The molecular formula is C22H26N4O3S. The standard InChI is InChI=1S/C22H26N4O3S/c1-4-24-22(28)26-10-9-16-17(12-23)21(30-19(16)13-26)25-20(27)8-6-15-11-14(2)5-7-18(15)29-3/h5,7,11H,4,6,8-10,13H2,1-3H3,(H,24,28)(H,25,27). The number of carbonyl (C=O) groups excluding carboxylic acids is 2. The third-order valence-corrected chi connectivity index (χ3v) is 6.23. The summed E-state index contributed by atoms with van der Waals surface area (Å²) in [4.78, 5) is 27.4. The van der Waals surface area contributed by atoms with E-state index in [9.17, 15) is 14.9 Å². The molecule has 0 radical (unpaired) electrons. The van der Waals surface area contributed by atoms with E-state index in [1.54, 1.807) is 12.0 Å². The Balaban J connectivity index is 1.69. The smallest absolute Gasteiger partial charge is 0.317 e. The molecular weight excluding hydrogens is 400 g/mol. The quantitative estimate of drug-likeness (QED) is 0.738. The molecule has 0 spiro atoms. The summed E-state index contributed by atoms with van der Waals surface area (Å²) in [5, 5.41) is 15.9. The topological polar surface area (TPSA) is 94.5 Å². The minimum Gasteiger partial charge on any atom is -0.496 e. The molecule has 0 atom stereocenters. The van der Waals surface area contributed by atoms with Gasteiger partial charge in [0.25, 0.3) is 0 Å². The van der Waals surface area contributed by atoms with Crippen molar-refractivity contribution in [1.82, 2.24) is 10.2 Å². The average Bonchev–Trinajstić information content (AvgIpc) is 3.08. The Hall–Kier alpha value is -3.05. The Kier molecular flexibility index (Phi) is 6.95. The Bertz CT molecular complexity index is 993. The van der Waals surface area contributed by atoms with Crippen LogP contribution in [0.5, 0.6) is 5.75 Å². The molecule has 2 heterocycles. The van der Waals surface area contributed by atoms with E-state index < -0.39 is 0 Å². The van der Waals surface area contributed by atoms with Crippen molar-refractivity contribution in [2.75, 3.05) is 25.5 Å². The van der Waals surface area contributed by atoms with E-state index in [1.165, 1.54) is 11.3 Å². The van der Waals surface area contributed by atoms with Crippen LogP contribution >= 0.6 is 11.3 Å². The van der Waals surface area contributed by atoms with Crippen LogP contribution in [0.4, 0.5) is 9.80 Å². The van der Waals surface area contributed by atoms with Crippen molar-refractivity contribution in [3.05, 3.63) is 45.3 Å². The van der Waals surface area contributed by atoms with Gasteiger partial charge in [-0.25, -0.2) is 4.79 Å². The third-order valence-electron chi connectivity index (χ3n) is 5.09. The number of aryl methyl sites for hydroxylation is 2. The van der Waals surface area contributed by atoms with Crippen molar-refractivity contribution in [2.45, 2.75) is 39.7 Å². The van der Waals surface area contributed by atoms with Crippen molar-refractivity contribution in [2.24, 2.45) is 0 Å². The first kappa shape index (κ1) is 21.7. The molecule has 1 aromatic carbocycles. The van der Waals surface area contributed by atoms with Crippen LogP contribution in [0.3, 0.4) is 0 Å². The maximum Gasteiger partial charge on any atom is 0.317 e. The summed E-state index contributed by atoms with van der Waals surface area (Å²) in [5.74, 6) is 0.623. The first-order valence-corrected chi connectivity index (χ1v) is 10.8. The molecule has 2 N–H and O–H groups in total. The van der Waals surface area contributed by atoms with Crippen LogP contribution < -0.4 is 15.4 Å². The van der Waals surface area contributed by atoms with Crippen molar-refractivity contribution in [3.8, 4) is 11.8 Å². The zero-order valence-electron chi connectivity index (χ0n) is 17.5. The average molecular weight is 427 g/mol. The largest absolute Gasteiger partial charge is 0.496 e. The van der Waals surface area contributed by atoms with Crippen LogP contribution in [0.1, 0.15) is 40.5 Å². The molecule has 1 aromatic heterocycles. The SMILES string of the molecule is CCNC(=O)N1CCc2c(sc(NC(=O)CCc3cc(C)ccc3OC)c2C#N)C1. The highest BCUT2D eigenvalue weighted by atomic mass is 32.1. The van der Waals surface area contributed by atoms with Crippen molar-refractivity contribution in [1.29, 1.82) is 5.26 Å². The van der Waals surface area contributed by atoms with Gasteiger partial charge < -0.3 is 20.3 Å². The number of nitrogens with one attached hydrogen (secondary N) is 2. The normalized spacial score (nSPS) is 12.7. The van der Waals surface area contributed by atoms with Crippen molar-refractivity contribution >= 4 is 28.3 Å². The molecule has 158 valence electrons. The molecule has 30 heavy (non-hydrogen) atoms. The number of ether oxygens (including phenoxy) is 1. The molecule has 0 saturated carbocycles. The molecule has 3 amide bonds. The second kappa shape index (κ2) is 9.63. The summed E-state index contributed by atoms with van der Waals surface area (Å²) in [6.07, 6.45) is 1.45. The Labute approximate surface area is 180 Å². The number of rotatable bonds is 6. The lowest BCUT2D eigenvalue weighted by molar-refractivity contribution is -0.116. The zero-order valence-corrected chi connectivity index (χ0v) is 18.3. The Morgan fingerprint density at radius 2 is 2.17 bits per heavy atom. The number of methoxy groups -OCH3 is 1. The van der Waals surface area contributed by atoms with Crippen LogP contribution in [-0.4, -0.2) is 37.0 Å². The van der Waals surface area contributed by atoms with E-state index in [-0.39, 0.29) is 18.4 Å². The fourth-order valence-electron chi connectivity index (χ4n) is 3.59. The van der Waals surface area contributed by atoms with Crippen LogP contribution in [0.25, 0.3) is 0 Å². The van der Waals surface area contributed by atoms with E-state index in [0.717, 1.165) is 27.3 Å². The number of carbonyl (C=O) groups is 2. The van der Waals surface area contributed by atoms with Gasteiger partial charge in [0.1, 0.15) is 16.8 Å². The van der Waals surface area contributed by atoms with Gasteiger partial charge in [-0.05, 0) is 43.9 Å². The number of anilines is 1. The number of nitriles is 1. The molecule has 2 aromatic rings. The lowest BCUT2D eigenvalue weighted by atomic mass is 10.0. The molecule has 1 aliphatic rings. The summed E-state index contributed by atoms with van der Waals surface area (Å²) < 4.78 is 5.38. The van der Waals surface area contributed by atoms with Gasteiger partial charge in [0.05, 0.1) is 19.2 Å². The fourth-order valence-corrected chi connectivity index (χ4v) is 4.82. The van der Waals surface area contributed by atoms with Crippen LogP contribution in [0, 0.1) is 18.3 Å². The maximum atomic E-state index is 12.6. The van der Waals surface area contributed by atoms with Gasteiger partial charge in [0.15, 0.2) is 0 Å². The van der Waals surface area contributed by atoms with Gasteiger partial charge >= 0.3 is 6.03 Å². The van der Waals surface area contributed by atoms with Gasteiger partial charge in [-0.2, -0.15) is 5.26 Å². The van der Waals surface area contributed by atoms with Gasteiger partial charge in [0, 0.05) is 24.4 Å². The molecule has 0 saturated heterocycles. The van der Waals surface area contributed by atoms with E-state index in [2.05, 4.69) is 16.7 Å². The molecule has 8 heteroatoms. The molecule has 1 aliphatic heterocycles. The first-order valence-electron chi connectivity index (χ1n) is 9.97. The summed E-state index contributed by atoms with van der Waals surface area (Å²) in [5.41, 5.74) is 3.56. The Morgan fingerprint density at radius 1 is 1.37 bits per heavy atom. The molecule has 0 aliphatic carbocycles. The van der Waals surface area contributed by atoms with E-state index in [4.69, 9.17) is 4.74 Å². The predicted molar refractivity (Wildman–Crippen MR) is 117 cm³/mol. The molecule has 3 rings (SSSR count). The minimum absolute atomic E-state index is 0.104. The lowest BCUT2D eigenvalue weighted by Crippen LogP contribution is -2.42. The predicted octanol–water partition coefficient (Wildman–Crippen LogP) is 3.60. The minimum atomic E-state index is -0.144. The first-order chi connectivity index (χ1) is 14.5. The van der Waals surface area contributed by atoms with E-state index in [1.807, 2.05) is 32.0 Å². The summed E-state index contributed by atoms with van der Waals surface area (Å²) in [6, 6.07) is 8.03. The number of hydrogen-bond donors (Lipinski definition) is 2. The van der Waals surface area contributed by atoms with Crippen LogP contribution in [0.2, 0.25) is 0 Å². The van der Waals surface area contributed by atoms with Crippen molar-refractivity contribution in [3.63, 3.8) is 0 Å². The van der Waals surface area contributed by atoms with E-state index >= 15 is 0 Å². The third kappa shape index (κ3) is 4.74. The molecule has 7 nitrogen and oxygen atoms in total. The zero-order chi connectivity index (χ0) is 21.7. The van der Waals surface area contributed by atoms with Gasteiger partial charge in [-0.1, -0.05) is 17.7 Å². The number of fused-ring (bicyclic) bond motifs is 1. The molecule has 0 fully saturated rings. The highest BCUT2D eigenvalue weighted by molar-refractivity contribution is 7.16. The summed E-state index contributed by atoms with van der Waals surface area (Å²) in [7, 11) is 1.62. The fraction of sp³-hybridized carbons (Fsp3) is 0.409. The number of urea groups is 1. The van der Waals surface area contributed by atoms with Crippen LogP contribution in [0.15, 0.2) is 18.2 Å². The second-order valence-corrected chi connectivity index (χ2v) is 8.30. The second-order valence-electron chi connectivity index (χ2n) is 7.19. The Morgan fingerprint density at radius 3 is 2.87 bits per heavy atom. The number of thiophene rings is 1. The summed E-state index contributed by atoms with van der Waals surface area (Å²) >= 11 is 1.39. The van der Waals surface area contributed by atoms with Crippen LogP contribution in [-0.2, 0) is 24.2 Å². The highest BCUT2D eigenvalue weighted by Gasteiger charge is 2.27. The number of benzene rings is 1. The molecule has 0 unspecified atom stereocenters. The van der Waals surface area contributed by atoms with Gasteiger partial charge in [0.2, 0.25) is 5.91 Å². The highest BCUT2D eigenvalue weighted by Crippen LogP contribution is 2.36. The van der Waals surface area contributed by atoms with Crippen molar-refractivity contribution < 1.29 is 14.3 Å². The molecule has 0 bridgehead atoms. The number of hydrogen-bond acceptors (Lipinski definition) is 5. The van der Waals surface area contributed by atoms with Gasteiger partial charge in [-0.15, -0.1) is 11.3 Å². The van der Waals surface area contributed by atoms with E-state index in [0.29, 0.717) is 43.0 Å². The lowest BCUT2D eigenvalue weighted by Gasteiger charge is -2.26. The monoisotopic (exact) mass is 426 g/mol. The maximum absolute atomic E-state index is 12.6. The summed E-state index contributed by atoms with van der Waals surface area (Å²) in [6.45, 7) is 5.47. The van der Waals surface area contributed by atoms with Gasteiger partial charge in [-0.3, -0.25) is 4.79 Å². The number of amides is 3.